The fraction of sp³-hybridized carbons (Fsp3) is 0.531. The molecule has 0 spiro atoms. The average molecular weight is 553 g/mol. The summed E-state index contributed by atoms with van der Waals surface area (Å²) in [6.07, 6.45) is 5.32. The third-order valence-electron chi connectivity index (χ3n) is 7.86. The van der Waals surface area contributed by atoms with Crippen LogP contribution in [-0.4, -0.2) is 44.7 Å². The van der Waals surface area contributed by atoms with E-state index in [2.05, 4.69) is 0 Å². The van der Waals surface area contributed by atoms with Crippen LogP contribution in [0.3, 0.4) is 0 Å². The summed E-state index contributed by atoms with van der Waals surface area (Å²) in [5, 5.41) is 22.8. The van der Waals surface area contributed by atoms with Gasteiger partial charge in [0.05, 0.1) is 16.9 Å². The van der Waals surface area contributed by atoms with Gasteiger partial charge in [0.1, 0.15) is 34.3 Å². The smallest absolute Gasteiger partial charge is 0.172 e. The first-order chi connectivity index (χ1) is 18.4. The molecule has 1 aromatic rings. The van der Waals surface area contributed by atoms with Gasteiger partial charge in [0.25, 0.3) is 0 Å². The highest BCUT2D eigenvalue weighted by atomic mass is 16.5. The first kappa shape index (κ1) is 31.0. The molecular formula is C32H40O8. The predicted octanol–water partition coefficient (Wildman–Crippen LogP) is 5.20. The maximum Gasteiger partial charge on any atom is 0.172 e. The van der Waals surface area contributed by atoms with Crippen LogP contribution in [0.25, 0.3) is 6.08 Å². The number of allylic oxidation sites excluding steroid dienone is 1. The number of carbonyl (C=O) groups is 5. The molecule has 2 N–H and O–H groups in total. The Morgan fingerprint density at radius 3 is 2.10 bits per heavy atom. The zero-order chi connectivity index (χ0) is 30.5. The van der Waals surface area contributed by atoms with Crippen molar-refractivity contribution in [2.75, 3.05) is 0 Å². The molecule has 1 heterocycles. The first-order valence-electron chi connectivity index (χ1n) is 13.7. The van der Waals surface area contributed by atoms with Gasteiger partial charge in [-0.25, -0.2) is 0 Å². The van der Waals surface area contributed by atoms with E-state index in [9.17, 15) is 34.2 Å². The van der Waals surface area contributed by atoms with Crippen molar-refractivity contribution in [3.63, 3.8) is 0 Å². The van der Waals surface area contributed by atoms with Gasteiger partial charge in [0, 0.05) is 23.8 Å². The van der Waals surface area contributed by atoms with Crippen molar-refractivity contribution in [2.45, 2.75) is 80.8 Å². The molecule has 3 rings (SSSR count). The van der Waals surface area contributed by atoms with Crippen molar-refractivity contribution in [1.29, 1.82) is 0 Å². The fourth-order valence-corrected chi connectivity index (χ4v) is 5.17. The van der Waals surface area contributed by atoms with Crippen molar-refractivity contribution >= 4 is 35.0 Å². The summed E-state index contributed by atoms with van der Waals surface area (Å²) >= 11 is 0. The zero-order valence-electron chi connectivity index (χ0n) is 24.8. The number of aromatic hydroxyl groups is 2. The molecule has 1 aliphatic carbocycles. The molecule has 0 aromatic heterocycles. The van der Waals surface area contributed by atoms with E-state index < -0.39 is 81.5 Å². The topological polar surface area (TPSA) is 135 Å². The van der Waals surface area contributed by atoms with Crippen LogP contribution in [-0.2, 0) is 25.6 Å². The lowest BCUT2D eigenvalue weighted by Crippen LogP contribution is -2.56. The van der Waals surface area contributed by atoms with Gasteiger partial charge in [-0.05, 0) is 53.2 Å². The van der Waals surface area contributed by atoms with Crippen LogP contribution in [0.15, 0.2) is 17.7 Å². The van der Waals surface area contributed by atoms with Gasteiger partial charge in [-0.1, -0.05) is 39.3 Å². The summed E-state index contributed by atoms with van der Waals surface area (Å²) in [5.74, 6) is -8.60. The molecule has 2 aliphatic rings. The van der Waals surface area contributed by atoms with E-state index >= 15 is 0 Å². The normalized spacial score (nSPS) is 23.7. The summed E-state index contributed by atoms with van der Waals surface area (Å²) in [6, 6.07) is 0. The second kappa shape index (κ2) is 10.8. The maximum atomic E-state index is 13.5. The highest BCUT2D eigenvalue weighted by molar-refractivity contribution is 6.33. The Hall–Kier alpha value is -3.55. The standard InChI is InChI=1S/C32H40O8/c1-15(2)10-12-32(9)13-11-18-25(35)19(26(36)21(28(18)40-32)23(33)16(3)4)14-20-27(37)22(24(34)17(5)6)30(39)31(7,8)29(20)38/h10-11,13,16-17,20,22,35-36H,12,14H2,1-9H3. The van der Waals surface area contributed by atoms with Crippen molar-refractivity contribution in [2.24, 2.45) is 29.1 Å². The Morgan fingerprint density at radius 2 is 1.57 bits per heavy atom. The Bertz CT molecular complexity index is 1350. The van der Waals surface area contributed by atoms with E-state index in [1.165, 1.54) is 13.8 Å². The molecule has 8 heteroatoms. The predicted molar refractivity (Wildman–Crippen MR) is 150 cm³/mol. The van der Waals surface area contributed by atoms with E-state index in [0.29, 0.717) is 6.42 Å². The summed E-state index contributed by atoms with van der Waals surface area (Å²) in [5.41, 5.74) is -1.60. The quantitative estimate of drug-likeness (QED) is 0.255. The van der Waals surface area contributed by atoms with Crippen LogP contribution >= 0.6 is 0 Å². The molecule has 0 saturated heterocycles. The second-order valence-electron chi connectivity index (χ2n) is 12.5. The summed E-state index contributed by atoms with van der Waals surface area (Å²) in [7, 11) is 0. The fourth-order valence-electron chi connectivity index (χ4n) is 5.17. The molecule has 0 radical (unpaired) electrons. The van der Waals surface area contributed by atoms with Gasteiger partial charge >= 0.3 is 0 Å². The number of phenolic OH excluding ortho intramolecular Hbond substituents is 2. The molecule has 1 saturated carbocycles. The monoisotopic (exact) mass is 552 g/mol. The molecule has 1 aliphatic heterocycles. The van der Waals surface area contributed by atoms with Gasteiger partial charge < -0.3 is 14.9 Å². The summed E-state index contributed by atoms with van der Waals surface area (Å²) < 4.78 is 6.25. The molecule has 1 fully saturated rings. The number of hydrogen-bond donors (Lipinski definition) is 2. The van der Waals surface area contributed by atoms with Gasteiger partial charge in [-0.15, -0.1) is 0 Å². The van der Waals surface area contributed by atoms with Crippen LogP contribution in [0.4, 0.5) is 0 Å². The number of Topliss-reactive ketones (excluding diaryl/α,β-unsaturated/α-hetero) is 5. The molecule has 3 unspecified atom stereocenters. The van der Waals surface area contributed by atoms with Gasteiger partial charge in [-0.2, -0.15) is 0 Å². The Balaban J connectivity index is 2.21. The molecular weight excluding hydrogens is 512 g/mol. The molecule has 8 nitrogen and oxygen atoms in total. The lowest BCUT2D eigenvalue weighted by atomic mass is 9.61. The van der Waals surface area contributed by atoms with E-state index in [1.54, 1.807) is 39.8 Å². The Labute approximate surface area is 235 Å². The van der Waals surface area contributed by atoms with Crippen LogP contribution in [0.5, 0.6) is 17.2 Å². The molecule has 216 valence electrons. The minimum Gasteiger partial charge on any atom is -0.507 e. The number of ketones is 5. The number of fused-ring (bicyclic) bond motifs is 1. The van der Waals surface area contributed by atoms with Gasteiger partial charge in [-0.3, -0.25) is 24.0 Å². The van der Waals surface area contributed by atoms with Crippen LogP contribution in [0, 0.1) is 29.1 Å². The third-order valence-corrected chi connectivity index (χ3v) is 7.86. The van der Waals surface area contributed by atoms with Gasteiger partial charge in [0.2, 0.25) is 0 Å². The largest absolute Gasteiger partial charge is 0.507 e. The average Bonchev–Trinajstić information content (AvgIpc) is 2.86. The maximum absolute atomic E-state index is 13.5. The number of benzene rings is 1. The van der Waals surface area contributed by atoms with Crippen LogP contribution in [0.2, 0.25) is 0 Å². The van der Waals surface area contributed by atoms with Gasteiger partial charge in [0.15, 0.2) is 28.9 Å². The number of phenols is 2. The van der Waals surface area contributed by atoms with E-state index in [4.69, 9.17) is 4.74 Å². The third kappa shape index (κ3) is 5.28. The van der Waals surface area contributed by atoms with E-state index in [0.717, 1.165) is 5.57 Å². The lowest BCUT2D eigenvalue weighted by Gasteiger charge is -2.37. The zero-order valence-corrected chi connectivity index (χ0v) is 24.8. The Morgan fingerprint density at radius 1 is 0.975 bits per heavy atom. The highest BCUT2D eigenvalue weighted by Crippen LogP contribution is 2.50. The number of carbonyl (C=O) groups excluding carboxylic acids is 5. The number of ether oxygens (including phenoxy) is 1. The highest BCUT2D eigenvalue weighted by Gasteiger charge is 2.56. The SMILES string of the molecule is CC(C)=CCC1(C)C=Cc2c(O)c(CC3C(=O)C(C(=O)C(C)C)C(=O)C(C)(C)C3=O)c(O)c(C(=O)C(C)C)c2O1. The minimum absolute atomic E-state index is 0.0225. The summed E-state index contributed by atoms with van der Waals surface area (Å²) in [4.78, 5) is 66.3. The van der Waals surface area contributed by atoms with Crippen LogP contribution < -0.4 is 4.74 Å². The first-order valence-corrected chi connectivity index (χ1v) is 13.7. The van der Waals surface area contributed by atoms with E-state index in [1.807, 2.05) is 26.8 Å². The second-order valence-corrected chi connectivity index (χ2v) is 12.5. The molecule has 0 bridgehead atoms. The number of rotatable bonds is 8. The van der Waals surface area contributed by atoms with Crippen LogP contribution in [0.1, 0.15) is 90.2 Å². The molecule has 3 atom stereocenters. The molecule has 0 amide bonds. The lowest BCUT2D eigenvalue weighted by molar-refractivity contribution is -0.157. The molecule has 1 aromatic carbocycles. The van der Waals surface area contributed by atoms with Crippen molar-refractivity contribution in [1.82, 2.24) is 0 Å². The Kier molecular flexibility index (Phi) is 8.36. The van der Waals surface area contributed by atoms with Crippen molar-refractivity contribution in [3.05, 3.63) is 34.4 Å². The van der Waals surface area contributed by atoms with E-state index in [-0.39, 0.29) is 22.4 Å². The summed E-state index contributed by atoms with van der Waals surface area (Å²) in [6.45, 7) is 14.9. The minimum atomic E-state index is -1.63. The van der Waals surface area contributed by atoms with Crippen molar-refractivity contribution in [3.8, 4) is 17.2 Å². The molecule has 40 heavy (non-hydrogen) atoms. The van der Waals surface area contributed by atoms with Crippen molar-refractivity contribution < 1.29 is 38.9 Å². The number of hydrogen-bond acceptors (Lipinski definition) is 8.